The molecule has 0 bridgehead atoms. The van der Waals surface area contributed by atoms with E-state index in [1.165, 1.54) is 60.7 Å². The second-order valence-corrected chi connectivity index (χ2v) is 18.9. The number of ketones is 2. The topological polar surface area (TPSA) is 394 Å². The maximum Gasteiger partial charge on any atom is 1.00 e. The van der Waals surface area contributed by atoms with Crippen molar-refractivity contribution in [3.8, 4) is 5.75 Å². The summed E-state index contributed by atoms with van der Waals surface area (Å²) in [6.45, 7) is 2.50. The quantitative estimate of drug-likeness (QED) is 0.0111. The fraction of sp³-hybridized carbons (Fsp3) is 0.0682. The third kappa shape index (κ3) is 15.8. The van der Waals surface area contributed by atoms with E-state index < -0.39 is 102 Å². The summed E-state index contributed by atoms with van der Waals surface area (Å²) in [5, 5.41) is 52.5. The van der Waals surface area contributed by atoms with Gasteiger partial charge in [0.05, 0.1) is 62.1 Å². The van der Waals surface area contributed by atoms with Crippen molar-refractivity contribution < 1.29 is 192 Å². The number of hydrogen-bond acceptors (Lipinski definition) is 22. The Balaban J connectivity index is 0.00000371. The van der Waals surface area contributed by atoms with Gasteiger partial charge in [0.2, 0.25) is 5.78 Å². The van der Waals surface area contributed by atoms with Crippen molar-refractivity contribution in [2.24, 2.45) is 30.4 Å². The predicted molar refractivity (Wildman–Crippen MR) is 249 cm³/mol. The molecule has 0 aliphatic heterocycles. The molecule has 0 spiro atoms. The zero-order valence-corrected chi connectivity index (χ0v) is 50.6. The van der Waals surface area contributed by atoms with E-state index in [-0.39, 0.29) is 175 Å². The van der Waals surface area contributed by atoms with Crippen LogP contribution in [0.15, 0.2) is 154 Å². The van der Waals surface area contributed by atoms with Gasteiger partial charge in [0, 0.05) is 22.4 Å². The molecule has 0 fully saturated rings. The summed E-state index contributed by atoms with van der Waals surface area (Å²) in [6, 6.07) is 17.4. The Morgan fingerprint density at radius 1 is 0.693 bits per heavy atom. The SMILES string of the molecule is CCOc1cc(N=Nc2ccc(N=C([O-])c3ccc(N/N=C4/C=CC(=O)C(C(=O)[O-])=C4)cc3)cc2)c2cc(S(=O)(=O)[O-])ccc2c1N/N=C1\C(=O)c2c(cc(S(=O)(=O)O)cc2N=C(C)[O-])C=C1S(=O)(=O)O.[Na+].[Na+].[Na+].[Na+]. The van der Waals surface area contributed by atoms with Gasteiger partial charge in [-0.15, -0.1) is 5.11 Å². The molecule has 0 saturated carbocycles. The van der Waals surface area contributed by atoms with E-state index in [1.54, 1.807) is 6.92 Å². The van der Waals surface area contributed by atoms with Crippen LogP contribution in [-0.2, 0) is 39.9 Å². The van der Waals surface area contributed by atoms with Crippen molar-refractivity contribution >= 4 is 122 Å². The summed E-state index contributed by atoms with van der Waals surface area (Å²) in [5.74, 6) is -5.32. The van der Waals surface area contributed by atoms with E-state index in [9.17, 15) is 68.6 Å². The van der Waals surface area contributed by atoms with Crippen LogP contribution in [0.3, 0.4) is 0 Å². The second kappa shape index (κ2) is 26.6. The number of carboxylic acids is 1. The number of aliphatic carboxylic acids is 1. The zero-order valence-electron chi connectivity index (χ0n) is 40.1. The van der Waals surface area contributed by atoms with E-state index in [4.69, 9.17) is 4.74 Å². The second-order valence-electron chi connectivity index (χ2n) is 14.7. The van der Waals surface area contributed by atoms with Crippen LogP contribution >= 0.6 is 0 Å². The van der Waals surface area contributed by atoms with Gasteiger partial charge >= 0.3 is 118 Å². The molecule has 24 nitrogen and oxygen atoms in total. The molecule has 0 atom stereocenters. The molecule has 2 aliphatic carbocycles. The van der Waals surface area contributed by atoms with Crippen molar-refractivity contribution in [3.63, 3.8) is 0 Å². The van der Waals surface area contributed by atoms with E-state index >= 15 is 0 Å². The molecule has 0 unspecified atom stereocenters. The molecule has 5 aromatic carbocycles. The van der Waals surface area contributed by atoms with E-state index in [0.717, 1.165) is 37.3 Å². The molecule has 0 aromatic heterocycles. The normalized spacial score (nSPS) is 14.9. The molecule has 31 heteroatoms. The third-order valence-corrected chi connectivity index (χ3v) is 12.4. The number of nitrogens with zero attached hydrogens (tertiary/aromatic N) is 6. The molecule has 0 saturated heterocycles. The summed E-state index contributed by atoms with van der Waals surface area (Å²) in [7, 11) is -15.4. The monoisotopic (exact) mass is 1110 g/mol. The number of anilines is 2. The van der Waals surface area contributed by atoms with E-state index in [0.29, 0.717) is 23.9 Å². The molecule has 75 heavy (non-hydrogen) atoms. The number of nitrogens with one attached hydrogen (secondary N) is 2. The molecular formula is C44H30N8Na4O16S3. The van der Waals surface area contributed by atoms with Crippen LogP contribution in [0.4, 0.5) is 34.1 Å². The van der Waals surface area contributed by atoms with Crippen molar-refractivity contribution in [2.45, 2.75) is 23.6 Å². The maximum absolute atomic E-state index is 14.0. The van der Waals surface area contributed by atoms with Crippen molar-refractivity contribution in [1.29, 1.82) is 0 Å². The molecule has 7 rings (SSSR count). The number of aliphatic imine (C=N–C) groups is 2. The molecule has 0 radical (unpaired) electrons. The largest absolute Gasteiger partial charge is 1.00 e. The molecule has 0 amide bonds. The first-order valence-electron chi connectivity index (χ1n) is 19.9. The Kier molecular flexibility index (Phi) is 23.0. The minimum atomic E-state index is -5.35. The standard InChI is InChI=1S/C44H34N8O16S3.4Na/c1-3-68-37-21-34(50-48-27-10-8-25(9-11-27)46-43(56)23-4-6-26(7-5-23)47-49-28-12-15-36(54)33(18-28)44(57)58)32-19-29(69(59,60)61)13-14-31(32)40(37)51-52-41-38(71(65,66)67)17-24-16-30(70(62,63)64)20-35(45-22(2)53)39(24)42(41)55;;;;/h4-21,47,51H,3H2,1-2H3,(H,45,53)(H,46,56)(H,57,58)(H,59,60,61)(H,62,63,64)(H,65,66,67);;;;/q;4*+1/p-4/b49-28-,50-48?,52-41-;;;;. The number of ether oxygens (including phenoxy) is 1. The fourth-order valence-electron chi connectivity index (χ4n) is 6.68. The number of benzene rings is 5. The van der Waals surface area contributed by atoms with Gasteiger partial charge in [0.25, 0.3) is 20.2 Å². The zero-order chi connectivity index (χ0) is 51.6. The number of fused-ring (bicyclic) bond motifs is 2. The number of allylic oxidation sites excluding steroid dienone is 4. The minimum absolute atomic E-state index is 0. The van der Waals surface area contributed by atoms with Crippen LogP contribution in [0.2, 0.25) is 0 Å². The molecule has 364 valence electrons. The summed E-state index contributed by atoms with van der Waals surface area (Å²) in [6.07, 6.45) is 4.05. The Labute approximate surface area is 515 Å². The van der Waals surface area contributed by atoms with Crippen LogP contribution in [-0.4, -0.2) is 86.3 Å². The predicted octanol–water partition coefficient (Wildman–Crippen LogP) is -8.85. The van der Waals surface area contributed by atoms with Gasteiger partial charge in [-0.25, -0.2) is 8.42 Å². The van der Waals surface area contributed by atoms with Gasteiger partial charge in [-0.1, -0.05) is 18.2 Å². The van der Waals surface area contributed by atoms with Gasteiger partial charge in [0.15, 0.2) is 11.5 Å². The van der Waals surface area contributed by atoms with E-state index in [1.807, 2.05) is 0 Å². The van der Waals surface area contributed by atoms with Gasteiger partial charge in [-0.2, -0.15) is 32.2 Å². The Morgan fingerprint density at radius 3 is 1.93 bits per heavy atom. The molecule has 2 aliphatic rings. The molecule has 4 N–H and O–H groups in total. The van der Waals surface area contributed by atoms with Crippen LogP contribution < -0.4 is 149 Å². The first-order valence-corrected chi connectivity index (χ1v) is 24.2. The van der Waals surface area contributed by atoms with Crippen molar-refractivity contribution in [2.75, 3.05) is 17.5 Å². The number of carbonyl (C=O) groups is 3. The first kappa shape index (κ1) is 64.7. The average molecular weight is 1110 g/mol. The maximum atomic E-state index is 14.0. The van der Waals surface area contributed by atoms with Crippen LogP contribution in [0.25, 0.3) is 16.8 Å². The summed E-state index contributed by atoms with van der Waals surface area (Å²) >= 11 is 0. The molecule has 0 heterocycles. The summed E-state index contributed by atoms with van der Waals surface area (Å²) in [4.78, 5) is 41.8. The van der Waals surface area contributed by atoms with Crippen molar-refractivity contribution in [3.05, 3.63) is 130 Å². The van der Waals surface area contributed by atoms with Gasteiger partial charge in [0.1, 0.15) is 26.5 Å². The number of hydrogen-bond donors (Lipinski definition) is 4. The molecule has 5 aromatic rings. The molecular weight excluding hydrogens is 1080 g/mol. The van der Waals surface area contributed by atoms with Crippen LogP contribution in [0.5, 0.6) is 5.75 Å². The van der Waals surface area contributed by atoms with Crippen molar-refractivity contribution in [1.82, 2.24) is 0 Å². The average Bonchev–Trinajstić information content (AvgIpc) is 3.29. The van der Waals surface area contributed by atoms with Crippen LogP contribution in [0.1, 0.15) is 35.3 Å². The number of carboxylic acid groups (broad SMARTS) is 1. The number of carbonyl (C=O) groups excluding carboxylic acids is 3. The van der Waals surface area contributed by atoms with Gasteiger partial charge in [-0.3, -0.25) is 39.5 Å². The van der Waals surface area contributed by atoms with Gasteiger partial charge < -0.3 is 29.4 Å². The smallest absolute Gasteiger partial charge is 0.862 e. The third-order valence-electron chi connectivity index (χ3n) is 9.84. The number of rotatable bonds is 15. The Hall–Kier alpha value is -4.60. The fourth-order valence-corrected chi connectivity index (χ4v) is 8.37. The first-order chi connectivity index (χ1) is 33.4. The Bertz CT molecular complexity index is 3730. The summed E-state index contributed by atoms with van der Waals surface area (Å²) < 4.78 is 112. The number of hydrazone groups is 2. The minimum Gasteiger partial charge on any atom is -0.862 e. The van der Waals surface area contributed by atoms with E-state index in [2.05, 4.69) is 41.3 Å². The Morgan fingerprint density at radius 2 is 1.35 bits per heavy atom. The number of Topliss-reactive ketones (excluding diaryl/α,β-unsaturated/α-hetero) is 1. The van der Waals surface area contributed by atoms with Crippen LogP contribution in [0, 0.1) is 0 Å². The summed E-state index contributed by atoms with van der Waals surface area (Å²) in [5.41, 5.74) is 2.91. The number of azo groups is 1. The van der Waals surface area contributed by atoms with Gasteiger partial charge in [-0.05, 0) is 122 Å².